The number of anilines is 2. The molecule has 106 valence electrons. The molecule has 0 saturated heterocycles. The maximum absolute atomic E-state index is 12.2. The highest BCUT2D eigenvalue weighted by atomic mass is 35.5. The van der Waals surface area contributed by atoms with E-state index in [0.29, 0.717) is 16.4 Å². The van der Waals surface area contributed by atoms with E-state index < -0.39 is 10.0 Å². The smallest absolute Gasteiger partial charge is 0.261 e. The average molecular weight is 331 g/mol. The van der Waals surface area contributed by atoms with E-state index in [1.165, 1.54) is 18.2 Å². The lowest BCUT2D eigenvalue weighted by molar-refractivity contribution is 0.601. The molecule has 2 rings (SSSR count). The monoisotopic (exact) mass is 330 g/mol. The number of sulfonamides is 1. The van der Waals surface area contributed by atoms with Gasteiger partial charge < -0.3 is 5.73 Å². The minimum Gasteiger partial charge on any atom is -0.399 e. The van der Waals surface area contributed by atoms with Crippen molar-refractivity contribution < 1.29 is 8.42 Å². The van der Waals surface area contributed by atoms with Gasteiger partial charge in [-0.05, 0) is 48.9 Å². The van der Waals surface area contributed by atoms with Crippen LogP contribution in [0.2, 0.25) is 10.0 Å². The molecule has 4 nitrogen and oxygen atoms in total. The highest BCUT2D eigenvalue weighted by Gasteiger charge is 2.15. The number of nitrogens with one attached hydrogen (secondary N) is 1. The Morgan fingerprint density at radius 1 is 1.05 bits per heavy atom. The highest BCUT2D eigenvalue weighted by Crippen LogP contribution is 2.26. The van der Waals surface area contributed by atoms with Crippen molar-refractivity contribution in [3.8, 4) is 0 Å². The molecule has 2 aromatic rings. The van der Waals surface area contributed by atoms with E-state index in [0.717, 1.165) is 5.56 Å². The second-order valence-corrected chi connectivity index (χ2v) is 6.75. The third-order valence-corrected chi connectivity index (χ3v) is 4.84. The molecule has 0 aliphatic rings. The average Bonchev–Trinajstić information content (AvgIpc) is 2.37. The summed E-state index contributed by atoms with van der Waals surface area (Å²) in [5.41, 5.74) is 7.51. The quantitative estimate of drug-likeness (QED) is 0.843. The number of halogens is 2. The number of hydrogen-bond donors (Lipinski definition) is 2. The Labute approximate surface area is 127 Å². The third-order valence-electron chi connectivity index (χ3n) is 2.72. The normalized spacial score (nSPS) is 11.3. The molecule has 0 aromatic heterocycles. The standard InChI is InChI=1S/C13H12Cl2N2O2S/c1-8-6-9(2-5-13(8)16)17-20(18,19)10-3-4-11(14)12(15)7-10/h2-7,17H,16H2,1H3. The van der Waals surface area contributed by atoms with Crippen molar-refractivity contribution in [1.82, 2.24) is 0 Å². The van der Waals surface area contributed by atoms with Crippen LogP contribution in [0, 0.1) is 6.92 Å². The van der Waals surface area contributed by atoms with Gasteiger partial charge in [-0.3, -0.25) is 4.72 Å². The second kappa shape index (κ2) is 5.52. The minimum atomic E-state index is -3.72. The summed E-state index contributed by atoms with van der Waals surface area (Å²) in [5.74, 6) is 0. The summed E-state index contributed by atoms with van der Waals surface area (Å²) < 4.78 is 26.9. The Balaban J connectivity index is 2.35. The number of hydrogen-bond acceptors (Lipinski definition) is 3. The van der Waals surface area contributed by atoms with Gasteiger partial charge in [0.1, 0.15) is 0 Å². The van der Waals surface area contributed by atoms with E-state index in [9.17, 15) is 8.42 Å². The van der Waals surface area contributed by atoms with Crippen molar-refractivity contribution in [1.29, 1.82) is 0 Å². The van der Waals surface area contributed by atoms with Crippen LogP contribution in [0.1, 0.15) is 5.56 Å². The van der Waals surface area contributed by atoms with Crippen molar-refractivity contribution in [3.63, 3.8) is 0 Å². The summed E-state index contributed by atoms with van der Waals surface area (Å²) in [7, 11) is -3.72. The van der Waals surface area contributed by atoms with Crippen molar-refractivity contribution in [2.75, 3.05) is 10.5 Å². The zero-order valence-corrected chi connectivity index (χ0v) is 12.9. The van der Waals surface area contributed by atoms with E-state index in [2.05, 4.69) is 4.72 Å². The number of benzene rings is 2. The van der Waals surface area contributed by atoms with E-state index in [1.54, 1.807) is 25.1 Å². The maximum atomic E-state index is 12.2. The molecule has 0 aliphatic carbocycles. The van der Waals surface area contributed by atoms with Crippen molar-refractivity contribution in [2.24, 2.45) is 0 Å². The predicted molar refractivity (Wildman–Crippen MR) is 82.9 cm³/mol. The fourth-order valence-corrected chi connectivity index (χ4v) is 3.04. The van der Waals surface area contributed by atoms with Crippen LogP contribution >= 0.6 is 23.2 Å². The van der Waals surface area contributed by atoms with Crippen LogP contribution in [0.15, 0.2) is 41.3 Å². The molecule has 7 heteroatoms. The molecule has 0 spiro atoms. The number of aryl methyl sites for hydroxylation is 1. The summed E-state index contributed by atoms with van der Waals surface area (Å²) in [6, 6.07) is 9.02. The molecular weight excluding hydrogens is 319 g/mol. The predicted octanol–water partition coefficient (Wildman–Crippen LogP) is 3.68. The molecule has 0 aliphatic heterocycles. The van der Waals surface area contributed by atoms with Gasteiger partial charge in [0.2, 0.25) is 0 Å². The molecule has 2 aromatic carbocycles. The number of nitrogen functional groups attached to an aromatic ring is 1. The van der Waals surface area contributed by atoms with Gasteiger partial charge in [0.15, 0.2) is 0 Å². The van der Waals surface area contributed by atoms with Gasteiger partial charge in [-0.15, -0.1) is 0 Å². The molecule has 0 atom stereocenters. The van der Waals surface area contributed by atoms with Crippen molar-refractivity contribution in [2.45, 2.75) is 11.8 Å². The zero-order valence-electron chi connectivity index (χ0n) is 10.5. The number of nitrogens with two attached hydrogens (primary N) is 1. The first-order valence-electron chi connectivity index (χ1n) is 5.63. The highest BCUT2D eigenvalue weighted by molar-refractivity contribution is 7.92. The molecule has 0 unspecified atom stereocenters. The van der Waals surface area contributed by atoms with Gasteiger partial charge in [-0.2, -0.15) is 0 Å². The summed E-state index contributed by atoms with van der Waals surface area (Å²) in [5, 5.41) is 0.483. The summed E-state index contributed by atoms with van der Waals surface area (Å²) in [6.45, 7) is 1.80. The molecule has 3 N–H and O–H groups in total. The molecule has 0 amide bonds. The van der Waals surface area contributed by atoms with Gasteiger partial charge in [-0.1, -0.05) is 23.2 Å². The lowest BCUT2D eigenvalue weighted by Gasteiger charge is -2.10. The van der Waals surface area contributed by atoms with E-state index in [-0.39, 0.29) is 9.92 Å². The maximum Gasteiger partial charge on any atom is 0.261 e. The Morgan fingerprint density at radius 2 is 1.75 bits per heavy atom. The molecule has 0 heterocycles. The lowest BCUT2D eigenvalue weighted by atomic mass is 10.2. The Morgan fingerprint density at radius 3 is 2.35 bits per heavy atom. The van der Waals surface area contributed by atoms with Gasteiger partial charge in [0.25, 0.3) is 10.0 Å². The summed E-state index contributed by atoms with van der Waals surface area (Å²) in [6.07, 6.45) is 0. The zero-order chi connectivity index (χ0) is 14.9. The Bertz CT molecular complexity index is 761. The van der Waals surface area contributed by atoms with Crippen LogP contribution in [0.25, 0.3) is 0 Å². The topological polar surface area (TPSA) is 72.2 Å². The first kappa shape index (κ1) is 15.0. The Kier molecular flexibility index (Phi) is 4.13. The molecule has 0 fully saturated rings. The second-order valence-electron chi connectivity index (χ2n) is 4.25. The molecule has 0 saturated carbocycles. The van der Waals surface area contributed by atoms with E-state index >= 15 is 0 Å². The van der Waals surface area contributed by atoms with Crippen molar-refractivity contribution >= 4 is 44.6 Å². The summed E-state index contributed by atoms with van der Waals surface area (Å²) in [4.78, 5) is 0.0429. The molecule has 20 heavy (non-hydrogen) atoms. The first-order chi connectivity index (χ1) is 9.29. The minimum absolute atomic E-state index is 0.0429. The number of rotatable bonds is 3. The first-order valence-corrected chi connectivity index (χ1v) is 7.87. The summed E-state index contributed by atoms with van der Waals surface area (Å²) >= 11 is 11.6. The molecule has 0 bridgehead atoms. The van der Waals surface area contributed by atoms with Gasteiger partial charge in [0.05, 0.1) is 14.9 Å². The SMILES string of the molecule is Cc1cc(NS(=O)(=O)c2ccc(Cl)c(Cl)c2)ccc1N. The van der Waals surface area contributed by atoms with Crippen molar-refractivity contribution in [3.05, 3.63) is 52.0 Å². The van der Waals surface area contributed by atoms with E-state index in [1.807, 2.05) is 0 Å². The van der Waals surface area contributed by atoms with Gasteiger partial charge in [0, 0.05) is 11.4 Å². The fraction of sp³-hybridized carbons (Fsp3) is 0.0769. The lowest BCUT2D eigenvalue weighted by Crippen LogP contribution is -2.13. The third kappa shape index (κ3) is 3.17. The molecule has 0 radical (unpaired) electrons. The van der Waals surface area contributed by atoms with E-state index in [4.69, 9.17) is 28.9 Å². The van der Waals surface area contributed by atoms with Crippen LogP contribution in [0.5, 0.6) is 0 Å². The van der Waals surface area contributed by atoms with Gasteiger partial charge in [-0.25, -0.2) is 8.42 Å². The largest absolute Gasteiger partial charge is 0.399 e. The van der Waals surface area contributed by atoms with Crippen LogP contribution in [-0.2, 0) is 10.0 Å². The van der Waals surface area contributed by atoms with Crippen LogP contribution in [0.3, 0.4) is 0 Å². The molecular formula is C13H12Cl2N2O2S. The Hall–Kier alpha value is -1.43. The van der Waals surface area contributed by atoms with Gasteiger partial charge >= 0.3 is 0 Å². The van der Waals surface area contributed by atoms with Crippen LogP contribution in [0.4, 0.5) is 11.4 Å². The fourth-order valence-electron chi connectivity index (χ4n) is 1.60. The van der Waals surface area contributed by atoms with Crippen LogP contribution < -0.4 is 10.5 Å². The van der Waals surface area contributed by atoms with Crippen LogP contribution in [-0.4, -0.2) is 8.42 Å².